The highest BCUT2D eigenvalue weighted by atomic mass is 19.4. The topological polar surface area (TPSA) is 82.2 Å². The van der Waals surface area contributed by atoms with Crippen molar-refractivity contribution in [1.29, 1.82) is 0 Å². The summed E-state index contributed by atoms with van der Waals surface area (Å²) in [5, 5.41) is 18.0. The van der Waals surface area contributed by atoms with Gasteiger partial charge in [-0.15, -0.1) is 0 Å². The Hall–Kier alpha value is -3.70. The van der Waals surface area contributed by atoms with Gasteiger partial charge in [0.05, 0.1) is 34.4 Å². The van der Waals surface area contributed by atoms with Crippen molar-refractivity contribution in [3.63, 3.8) is 0 Å². The summed E-state index contributed by atoms with van der Waals surface area (Å²) in [4.78, 5) is 10.4. The standard InChI is InChI=1S/C19H15F5N4O3/c1-9-16(17-12(20)7-11(31-3)8-13(17)21)18(27(2)26-9)25-14-5-4-10(19(22,23)24)6-15(14)28(29)30/h4-8,25H,1-3H3. The second kappa shape index (κ2) is 7.85. The van der Waals surface area contributed by atoms with Gasteiger partial charge in [0.15, 0.2) is 0 Å². The van der Waals surface area contributed by atoms with Gasteiger partial charge in [-0.05, 0) is 19.1 Å². The molecule has 0 unspecified atom stereocenters. The predicted molar refractivity (Wildman–Crippen MR) is 101 cm³/mol. The molecule has 0 saturated heterocycles. The molecule has 0 amide bonds. The number of nitrogens with one attached hydrogen (secondary N) is 1. The van der Waals surface area contributed by atoms with Crippen molar-refractivity contribution in [1.82, 2.24) is 9.78 Å². The fourth-order valence-corrected chi connectivity index (χ4v) is 3.10. The molecule has 0 aliphatic carbocycles. The molecular weight excluding hydrogens is 427 g/mol. The van der Waals surface area contributed by atoms with E-state index in [-0.39, 0.29) is 28.5 Å². The largest absolute Gasteiger partial charge is 0.497 e. The van der Waals surface area contributed by atoms with Gasteiger partial charge < -0.3 is 10.1 Å². The van der Waals surface area contributed by atoms with Crippen LogP contribution in [-0.2, 0) is 13.2 Å². The molecule has 1 heterocycles. The summed E-state index contributed by atoms with van der Waals surface area (Å²) in [7, 11) is 2.65. The van der Waals surface area contributed by atoms with Crippen LogP contribution >= 0.6 is 0 Å². The SMILES string of the molecule is COc1cc(F)c(-c2c(C)nn(C)c2Nc2ccc(C(F)(F)F)cc2[N+](=O)[O-])c(F)c1. The number of benzene rings is 2. The molecule has 2 aromatic carbocycles. The summed E-state index contributed by atoms with van der Waals surface area (Å²) < 4.78 is 74.2. The third-order valence-corrected chi connectivity index (χ3v) is 4.50. The van der Waals surface area contributed by atoms with E-state index >= 15 is 0 Å². The molecule has 0 aliphatic rings. The van der Waals surface area contributed by atoms with Gasteiger partial charge in [-0.25, -0.2) is 8.78 Å². The van der Waals surface area contributed by atoms with Crippen LogP contribution in [0.2, 0.25) is 0 Å². The maximum absolute atomic E-state index is 14.7. The Morgan fingerprint density at radius 3 is 2.26 bits per heavy atom. The summed E-state index contributed by atoms with van der Waals surface area (Å²) in [6, 6.07) is 3.81. The molecule has 1 N–H and O–H groups in total. The zero-order valence-electron chi connectivity index (χ0n) is 16.3. The molecule has 12 heteroatoms. The van der Waals surface area contributed by atoms with Crippen LogP contribution in [-0.4, -0.2) is 21.8 Å². The lowest BCUT2D eigenvalue weighted by atomic mass is 10.0. The number of ether oxygens (including phenoxy) is 1. The van der Waals surface area contributed by atoms with E-state index in [2.05, 4.69) is 10.4 Å². The van der Waals surface area contributed by atoms with Crippen molar-refractivity contribution in [3.05, 3.63) is 63.3 Å². The first-order valence-corrected chi connectivity index (χ1v) is 8.63. The average molecular weight is 442 g/mol. The highest BCUT2D eigenvalue weighted by Gasteiger charge is 2.33. The smallest absolute Gasteiger partial charge is 0.416 e. The van der Waals surface area contributed by atoms with Crippen molar-refractivity contribution in [2.24, 2.45) is 7.05 Å². The van der Waals surface area contributed by atoms with Crippen molar-refractivity contribution >= 4 is 17.2 Å². The Kier molecular flexibility index (Phi) is 5.57. The van der Waals surface area contributed by atoms with Gasteiger partial charge in [0.1, 0.15) is 28.9 Å². The number of hydrogen-bond acceptors (Lipinski definition) is 5. The highest BCUT2D eigenvalue weighted by Crippen LogP contribution is 2.40. The van der Waals surface area contributed by atoms with E-state index in [1.807, 2.05) is 0 Å². The summed E-state index contributed by atoms with van der Waals surface area (Å²) in [5.74, 6) is -2.06. The van der Waals surface area contributed by atoms with Crippen LogP contribution in [0.15, 0.2) is 30.3 Å². The Morgan fingerprint density at radius 2 is 1.74 bits per heavy atom. The zero-order chi connectivity index (χ0) is 23.1. The Balaban J connectivity index is 2.17. The highest BCUT2D eigenvalue weighted by molar-refractivity contribution is 5.83. The van der Waals surface area contributed by atoms with Crippen LogP contribution in [0.3, 0.4) is 0 Å². The fraction of sp³-hybridized carbons (Fsp3) is 0.211. The Morgan fingerprint density at radius 1 is 1.13 bits per heavy atom. The fourth-order valence-electron chi connectivity index (χ4n) is 3.10. The number of methoxy groups -OCH3 is 1. The number of aromatic nitrogens is 2. The van der Waals surface area contributed by atoms with Crippen molar-refractivity contribution in [2.45, 2.75) is 13.1 Å². The number of halogens is 5. The molecule has 31 heavy (non-hydrogen) atoms. The van der Waals surface area contributed by atoms with Gasteiger partial charge in [0.2, 0.25) is 0 Å². The number of aryl methyl sites for hydroxylation is 2. The zero-order valence-corrected chi connectivity index (χ0v) is 16.3. The Labute approximate surface area is 172 Å². The van der Waals surface area contributed by atoms with Gasteiger partial charge in [-0.1, -0.05) is 0 Å². The summed E-state index contributed by atoms with van der Waals surface area (Å²) in [6.07, 6.45) is -4.78. The van der Waals surface area contributed by atoms with E-state index < -0.39 is 39.5 Å². The number of nitrogens with zero attached hydrogens (tertiary/aromatic N) is 3. The molecule has 0 atom stereocenters. The van der Waals surface area contributed by atoms with Crippen LogP contribution in [0, 0.1) is 28.7 Å². The Bertz CT molecular complexity index is 1150. The minimum Gasteiger partial charge on any atom is -0.497 e. The molecule has 0 fully saturated rings. The van der Waals surface area contributed by atoms with Crippen molar-refractivity contribution < 1.29 is 31.6 Å². The first-order valence-electron chi connectivity index (χ1n) is 8.63. The second-order valence-electron chi connectivity index (χ2n) is 6.51. The summed E-state index contributed by atoms with van der Waals surface area (Å²) in [5.41, 5.74) is -2.72. The summed E-state index contributed by atoms with van der Waals surface area (Å²) in [6.45, 7) is 1.46. The molecule has 1 aromatic heterocycles. The van der Waals surface area contributed by atoms with E-state index in [0.717, 1.165) is 18.2 Å². The predicted octanol–water partition coefficient (Wildman–Crippen LogP) is 5.35. The van der Waals surface area contributed by atoms with Crippen LogP contribution in [0.1, 0.15) is 11.3 Å². The maximum atomic E-state index is 14.7. The lowest BCUT2D eigenvalue weighted by molar-refractivity contribution is -0.384. The lowest BCUT2D eigenvalue weighted by Crippen LogP contribution is -2.08. The van der Waals surface area contributed by atoms with Gasteiger partial charge >= 0.3 is 6.18 Å². The monoisotopic (exact) mass is 442 g/mol. The van der Waals surface area contributed by atoms with E-state index in [1.165, 1.54) is 25.8 Å². The van der Waals surface area contributed by atoms with Crippen LogP contribution in [0.4, 0.5) is 39.1 Å². The minimum absolute atomic E-state index is 0.0469. The minimum atomic E-state index is -4.78. The average Bonchev–Trinajstić information content (AvgIpc) is 2.94. The van der Waals surface area contributed by atoms with Crippen LogP contribution in [0.5, 0.6) is 5.75 Å². The van der Waals surface area contributed by atoms with E-state index in [0.29, 0.717) is 12.1 Å². The molecule has 7 nitrogen and oxygen atoms in total. The molecule has 3 aromatic rings. The number of rotatable bonds is 5. The number of anilines is 2. The first kappa shape index (κ1) is 22.0. The molecule has 0 radical (unpaired) electrons. The number of hydrogen-bond donors (Lipinski definition) is 1. The van der Waals surface area contributed by atoms with Gasteiger partial charge in [0.25, 0.3) is 5.69 Å². The number of alkyl halides is 3. The summed E-state index contributed by atoms with van der Waals surface area (Å²) >= 11 is 0. The van der Waals surface area contributed by atoms with E-state index in [4.69, 9.17) is 4.74 Å². The molecule has 3 rings (SSSR count). The lowest BCUT2D eigenvalue weighted by Gasteiger charge is -2.14. The van der Waals surface area contributed by atoms with Gasteiger partial charge in [-0.2, -0.15) is 18.3 Å². The van der Waals surface area contributed by atoms with E-state index in [9.17, 15) is 32.1 Å². The van der Waals surface area contributed by atoms with Gasteiger partial charge in [0, 0.05) is 25.2 Å². The molecule has 0 aliphatic heterocycles. The van der Waals surface area contributed by atoms with E-state index in [1.54, 1.807) is 0 Å². The second-order valence-corrected chi connectivity index (χ2v) is 6.51. The molecule has 164 valence electrons. The van der Waals surface area contributed by atoms with Crippen molar-refractivity contribution in [3.8, 4) is 16.9 Å². The van der Waals surface area contributed by atoms with Crippen molar-refractivity contribution in [2.75, 3.05) is 12.4 Å². The normalized spacial score (nSPS) is 11.5. The third kappa shape index (κ3) is 4.13. The molecular formula is C19H15F5N4O3. The third-order valence-electron chi connectivity index (χ3n) is 4.50. The quantitative estimate of drug-likeness (QED) is 0.327. The molecule has 0 spiro atoms. The number of nitro benzene ring substituents is 1. The molecule has 0 bridgehead atoms. The number of nitro groups is 1. The van der Waals surface area contributed by atoms with Crippen LogP contribution < -0.4 is 10.1 Å². The maximum Gasteiger partial charge on any atom is 0.416 e. The molecule has 0 saturated carbocycles. The van der Waals surface area contributed by atoms with Crippen LogP contribution in [0.25, 0.3) is 11.1 Å². The first-order chi connectivity index (χ1) is 14.4. The van der Waals surface area contributed by atoms with Gasteiger partial charge in [-0.3, -0.25) is 14.8 Å².